The fraction of sp³-hybridized carbons (Fsp3) is 0.263. The maximum atomic E-state index is 12.2. The lowest BCUT2D eigenvalue weighted by molar-refractivity contribution is -0.134. The first-order valence-corrected chi connectivity index (χ1v) is 8.33. The van der Waals surface area contributed by atoms with E-state index in [-0.39, 0.29) is 24.1 Å². The van der Waals surface area contributed by atoms with Crippen molar-refractivity contribution in [1.29, 1.82) is 0 Å². The Morgan fingerprint density at radius 1 is 1.23 bits per heavy atom. The third kappa shape index (κ3) is 2.52. The standard InChI is InChI=1S/C19H17N3O4/c1-22(2)19(25)11-3-5-12-10(9-11)4-7-14-16(12)17(21-26-14)13-6-8-15(23)20-18(13)24/h3-5,7,9,13H,6,8H2,1-2H3,(H,20,23,24)/t13-/m1/s1. The fourth-order valence-corrected chi connectivity index (χ4v) is 3.38. The zero-order chi connectivity index (χ0) is 18.4. The Hall–Kier alpha value is -3.22. The lowest BCUT2D eigenvalue weighted by Crippen LogP contribution is -2.39. The van der Waals surface area contributed by atoms with Gasteiger partial charge >= 0.3 is 0 Å². The van der Waals surface area contributed by atoms with E-state index in [0.29, 0.717) is 23.3 Å². The molecule has 0 unspecified atom stereocenters. The smallest absolute Gasteiger partial charge is 0.253 e. The summed E-state index contributed by atoms with van der Waals surface area (Å²) < 4.78 is 5.41. The van der Waals surface area contributed by atoms with Crippen molar-refractivity contribution in [3.05, 3.63) is 41.6 Å². The van der Waals surface area contributed by atoms with Crippen LogP contribution in [-0.4, -0.2) is 41.9 Å². The first-order chi connectivity index (χ1) is 12.5. The number of piperidine rings is 1. The summed E-state index contributed by atoms with van der Waals surface area (Å²) >= 11 is 0. The van der Waals surface area contributed by atoms with Gasteiger partial charge in [-0.1, -0.05) is 17.3 Å². The molecule has 0 aliphatic carbocycles. The number of nitrogens with one attached hydrogen (secondary N) is 1. The van der Waals surface area contributed by atoms with Gasteiger partial charge in [0, 0.05) is 26.1 Å². The molecule has 7 nitrogen and oxygen atoms in total. The molecule has 1 saturated heterocycles. The molecule has 1 atom stereocenters. The van der Waals surface area contributed by atoms with E-state index in [1.807, 2.05) is 18.2 Å². The molecule has 26 heavy (non-hydrogen) atoms. The minimum Gasteiger partial charge on any atom is -0.356 e. The summed E-state index contributed by atoms with van der Waals surface area (Å²) in [5, 5.41) is 8.94. The van der Waals surface area contributed by atoms with Gasteiger partial charge in [0.1, 0.15) is 5.69 Å². The van der Waals surface area contributed by atoms with E-state index in [2.05, 4.69) is 10.5 Å². The SMILES string of the molecule is CN(C)C(=O)c1ccc2c(ccc3onc([C@H]4CCC(=O)NC4=O)c32)c1. The molecule has 1 aromatic heterocycles. The van der Waals surface area contributed by atoms with Crippen molar-refractivity contribution in [2.24, 2.45) is 0 Å². The number of carbonyl (C=O) groups excluding carboxylic acids is 3. The number of carbonyl (C=O) groups is 3. The van der Waals surface area contributed by atoms with Crippen LogP contribution in [0.4, 0.5) is 0 Å². The third-order valence-corrected chi connectivity index (χ3v) is 4.70. The lowest BCUT2D eigenvalue weighted by atomic mass is 9.91. The number of aromatic nitrogens is 1. The van der Waals surface area contributed by atoms with Gasteiger partial charge in [0.15, 0.2) is 5.58 Å². The van der Waals surface area contributed by atoms with Gasteiger partial charge in [-0.3, -0.25) is 19.7 Å². The van der Waals surface area contributed by atoms with Crippen LogP contribution in [0.25, 0.3) is 21.7 Å². The molecule has 3 amide bonds. The second-order valence-corrected chi connectivity index (χ2v) is 6.65. The van der Waals surface area contributed by atoms with Crippen molar-refractivity contribution in [3.8, 4) is 0 Å². The van der Waals surface area contributed by atoms with Gasteiger partial charge in [-0.2, -0.15) is 0 Å². The van der Waals surface area contributed by atoms with E-state index < -0.39 is 5.92 Å². The zero-order valence-corrected chi connectivity index (χ0v) is 14.4. The van der Waals surface area contributed by atoms with Crippen molar-refractivity contribution in [2.45, 2.75) is 18.8 Å². The molecule has 0 saturated carbocycles. The largest absolute Gasteiger partial charge is 0.356 e. The van der Waals surface area contributed by atoms with Crippen LogP contribution >= 0.6 is 0 Å². The van der Waals surface area contributed by atoms with Gasteiger partial charge in [-0.25, -0.2) is 0 Å². The monoisotopic (exact) mass is 351 g/mol. The average molecular weight is 351 g/mol. The number of benzene rings is 2. The van der Waals surface area contributed by atoms with E-state index in [1.165, 1.54) is 4.90 Å². The Kier molecular flexibility index (Phi) is 3.72. The summed E-state index contributed by atoms with van der Waals surface area (Å²) in [5.74, 6) is -1.23. The molecular formula is C19H17N3O4. The molecule has 3 aromatic rings. The summed E-state index contributed by atoms with van der Waals surface area (Å²) in [7, 11) is 3.41. The van der Waals surface area contributed by atoms with E-state index in [4.69, 9.17) is 4.52 Å². The van der Waals surface area contributed by atoms with Gasteiger partial charge in [0.25, 0.3) is 5.91 Å². The van der Waals surface area contributed by atoms with Crippen LogP contribution in [0.2, 0.25) is 0 Å². The van der Waals surface area contributed by atoms with E-state index >= 15 is 0 Å². The minimum atomic E-state index is -0.525. The summed E-state index contributed by atoms with van der Waals surface area (Å²) in [6.07, 6.45) is 0.677. The highest BCUT2D eigenvalue weighted by Crippen LogP contribution is 2.35. The first-order valence-electron chi connectivity index (χ1n) is 8.33. The summed E-state index contributed by atoms with van der Waals surface area (Å²) in [4.78, 5) is 37.4. The predicted molar refractivity (Wildman–Crippen MR) is 94.7 cm³/mol. The van der Waals surface area contributed by atoms with Crippen molar-refractivity contribution in [3.63, 3.8) is 0 Å². The van der Waals surface area contributed by atoms with Gasteiger partial charge < -0.3 is 9.42 Å². The second kappa shape index (κ2) is 5.94. The molecule has 0 radical (unpaired) electrons. The lowest BCUT2D eigenvalue weighted by Gasteiger charge is -2.19. The van der Waals surface area contributed by atoms with Crippen LogP contribution < -0.4 is 5.32 Å². The van der Waals surface area contributed by atoms with Crippen LogP contribution in [0.1, 0.15) is 34.8 Å². The Bertz CT molecular complexity index is 1070. The van der Waals surface area contributed by atoms with Crippen molar-refractivity contribution >= 4 is 39.5 Å². The first kappa shape index (κ1) is 16.3. The molecule has 1 fully saturated rings. The highest BCUT2D eigenvalue weighted by atomic mass is 16.5. The van der Waals surface area contributed by atoms with Gasteiger partial charge in [0.05, 0.1) is 11.3 Å². The molecule has 0 bridgehead atoms. The van der Waals surface area contributed by atoms with Gasteiger partial charge in [-0.05, 0) is 35.4 Å². The Morgan fingerprint density at radius 2 is 2.04 bits per heavy atom. The van der Waals surface area contributed by atoms with Crippen molar-refractivity contribution in [2.75, 3.05) is 14.1 Å². The molecule has 0 spiro atoms. The van der Waals surface area contributed by atoms with Crippen molar-refractivity contribution in [1.82, 2.24) is 15.4 Å². The van der Waals surface area contributed by atoms with E-state index in [1.54, 1.807) is 26.2 Å². The molecule has 2 heterocycles. The molecule has 1 aliphatic rings. The fourth-order valence-electron chi connectivity index (χ4n) is 3.38. The van der Waals surface area contributed by atoms with Crippen molar-refractivity contribution < 1.29 is 18.9 Å². The van der Waals surface area contributed by atoms with Gasteiger partial charge in [0.2, 0.25) is 11.8 Å². The molecular weight excluding hydrogens is 334 g/mol. The van der Waals surface area contributed by atoms with E-state index in [9.17, 15) is 14.4 Å². The maximum Gasteiger partial charge on any atom is 0.253 e. The average Bonchev–Trinajstić information content (AvgIpc) is 3.04. The third-order valence-electron chi connectivity index (χ3n) is 4.70. The predicted octanol–water partition coefficient (Wildman–Crippen LogP) is 2.20. The topological polar surface area (TPSA) is 92.5 Å². The Balaban J connectivity index is 1.87. The van der Waals surface area contributed by atoms with E-state index in [0.717, 1.165) is 16.2 Å². The quantitative estimate of drug-likeness (QED) is 0.715. The molecule has 1 aliphatic heterocycles. The molecule has 7 heteroatoms. The molecule has 2 aromatic carbocycles. The molecule has 4 rings (SSSR count). The number of rotatable bonds is 2. The Labute approximate surface area is 148 Å². The second-order valence-electron chi connectivity index (χ2n) is 6.65. The molecule has 132 valence electrons. The number of fused-ring (bicyclic) bond motifs is 3. The normalized spacial score (nSPS) is 17.5. The summed E-state index contributed by atoms with van der Waals surface area (Å²) in [6, 6.07) is 9.07. The zero-order valence-electron chi connectivity index (χ0n) is 14.4. The number of nitrogens with zero attached hydrogens (tertiary/aromatic N) is 2. The van der Waals surface area contributed by atoms with Crippen LogP contribution in [0.15, 0.2) is 34.9 Å². The van der Waals surface area contributed by atoms with Crippen LogP contribution in [-0.2, 0) is 9.59 Å². The van der Waals surface area contributed by atoms with Crippen LogP contribution in [0, 0.1) is 0 Å². The van der Waals surface area contributed by atoms with Gasteiger partial charge in [-0.15, -0.1) is 0 Å². The number of imide groups is 1. The maximum absolute atomic E-state index is 12.2. The number of amides is 3. The summed E-state index contributed by atoms with van der Waals surface area (Å²) in [5.41, 5.74) is 1.69. The molecule has 1 N–H and O–H groups in total. The number of hydrogen-bond acceptors (Lipinski definition) is 5. The Morgan fingerprint density at radius 3 is 2.77 bits per heavy atom. The highest BCUT2D eigenvalue weighted by Gasteiger charge is 2.32. The van der Waals surface area contributed by atoms with Crippen LogP contribution in [0.3, 0.4) is 0 Å². The van der Waals surface area contributed by atoms with Crippen LogP contribution in [0.5, 0.6) is 0 Å². The summed E-state index contributed by atoms with van der Waals surface area (Å²) in [6.45, 7) is 0. The highest BCUT2D eigenvalue weighted by molar-refractivity contribution is 6.11. The number of hydrogen-bond donors (Lipinski definition) is 1. The minimum absolute atomic E-state index is 0.0808.